The van der Waals surface area contributed by atoms with Gasteiger partial charge in [0, 0.05) is 5.56 Å². The Labute approximate surface area is 214 Å². The number of ether oxygens (including phenoxy) is 2. The fourth-order valence-corrected chi connectivity index (χ4v) is 5.05. The summed E-state index contributed by atoms with van der Waals surface area (Å²) < 4.78 is 107. The van der Waals surface area contributed by atoms with E-state index in [1.54, 1.807) is 18.2 Å². The summed E-state index contributed by atoms with van der Waals surface area (Å²) in [4.78, 5) is 26.5. The number of hydrogen-bond donors (Lipinski definition) is 0. The monoisotopic (exact) mass is 557 g/mol. The molecule has 38 heavy (non-hydrogen) atoms. The quantitative estimate of drug-likeness (QED) is 0.160. The summed E-state index contributed by atoms with van der Waals surface area (Å²) in [6, 6.07) is 11.2. The van der Waals surface area contributed by atoms with Gasteiger partial charge in [-0.15, -0.1) is 0 Å². The topological polar surface area (TPSA) is 69.7 Å². The first-order chi connectivity index (χ1) is 17.8. The molecule has 0 amide bonds. The molecule has 0 fully saturated rings. The third-order valence-corrected chi connectivity index (χ3v) is 6.66. The highest BCUT2D eigenvalue weighted by molar-refractivity contribution is 7.72. The molecule has 5 nitrogen and oxygen atoms in total. The first-order valence-electron chi connectivity index (χ1n) is 11.1. The molecule has 0 aliphatic heterocycles. The van der Waals surface area contributed by atoms with Crippen LogP contribution in [0.1, 0.15) is 51.3 Å². The average Bonchev–Trinajstić information content (AvgIpc) is 2.87. The summed E-state index contributed by atoms with van der Waals surface area (Å²) in [6.07, 6.45) is -10.7. The molecule has 200 valence electrons. The van der Waals surface area contributed by atoms with Gasteiger partial charge in [-0.25, -0.2) is 4.79 Å². The number of halogens is 6. The lowest BCUT2D eigenvalue weighted by atomic mass is 10.0. The fourth-order valence-electron chi connectivity index (χ4n) is 3.69. The smallest absolute Gasteiger partial charge is 0.466 e. The third kappa shape index (κ3) is 5.88. The Morgan fingerprint density at radius 3 is 1.82 bits per heavy atom. The highest BCUT2D eigenvalue weighted by Crippen LogP contribution is 2.45. The first-order valence-corrected chi connectivity index (χ1v) is 12.4. The van der Waals surface area contributed by atoms with Crippen molar-refractivity contribution in [2.24, 2.45) is 0 Å². The van der Waals surface area contributed by atoms with E-state index >= 15 is 0 Å². The molecule has 0 spiro atoms. The van der Waals surface area contributed by atoms with Crippen LogP contribution in [0, 0.1) is 0 Å². The molecule has 0 aliphatic rings. The van der Waals surface area contributed by atoms with Crippen LogP contribution in [-0.2, 0) is 16.9 Å². The van der Waals surface area contributed by atoms with E-state index < -0.39 is 59.2 Å². The molecule has 0 radical (unpaired) electrons. The first kappa shape index (κ1) is 28.8. The molecule has 0 heterocycles. The molecule has 0 saturated carbocycles. The van der Waals surface area contributed by atoms with Gasteiger partial charge in [0.15, 0.2) is 17.3 Å². The van der Waals surface area contributed by atoms with E-state index in [0.29, 0.717) is 18.2 Å². The van der Waals surface area contributed by atoms with Crippen molar-refractivity contribution in [1.82, 2.24) is 0 Å². The van der Waals surface area contributed by atoms with Crippen molar-refractivity contribution in [1.29, 1.82) is 0 Å². The standard InChI is InChI=1S/C26H20F6O5P/c1-3-36-19-14-13-16(21(33)15-9-6-5-7-10-15)22(37-4-2)23(19)38(35)24(34)20-17(25(27,28)29)11-8-12-18(20)26(30,31)32/h5-14H,3-4H2,1-2H3/q+1. The SMILES string of the molecule is CCOc1ccc(C(=O)c2ccccc2)c(OCC)c1[P+](=O)C(=O)c1c(C(F)(F)F)cccc1C(F)(F)F. The van der Waals surface area contributed by atoms with E-state index in [-0.39, 0.29) is 30.1 Å². The van der Waals surface area contributed by atoms with Crippen LogP contribution < -0.4 is 14.8 Å². The number of hydrogen-bond acceptors (Lipinski definition) is 5. The van der Waals surface area contributed by atoms with Crippen LogP contribution in [0.5, 0.6) is 11.5 Å². The zero-order valence-corrected chi connectivity index (χ0v) is 20.8. The fraction of sp³-hybridized carbons (Fsp3) is 0.231. The van der Waals surface area contributed by atoms with Crippen LogP contribution in [0.15, 0.2) is 60.7 Å². The second kappa shape index (κ2) is 11.3. The Kier molecular flexibility index (Phi) is 8.61. The van der Waals surface area contributed by atoms with Gasteiger partial charge in [0.25, 0.3) is 5.30 Å². The largest absolute Gasteiger partial charge is 0.489 e. The number of rotatable bonds is 9. The maximum Gasteiger partial charge on any atom is 0.466 e. The predicted molar refractivity (Wildman–Crippen MR) is 127 cm³/mol. The lowest BCUT2D eigenvalue weighted by molar-refractivity contribution is -0.143. The van der Waals surface area contributed by atoms with Crippen molar-refractivity contribution in [2.75, 3.05) is 13.2 Å². The Balaban J connectivity index is 2.31. The predicted octanol–water partition coefficient (Wildman–Crippen LogP) is 7.05. The number of carbonyl (C=O) groups is 2. The van der Waals surface area contributed by atoms with E-state index in [2.05, 4.69) is 0 Å². The molecular weight excluding hydrogens is 537 g/mol. The van der Waals surface area contributed by atoms with Gasteiger partial charge in [-0.1, -0.05) is 41.0 Å². The second-order valence-corrected chi connectivity index (χ2v) is 9.12. The van der Waals surface area contributed by atoms with Crippen LogP contribution in [0.3, 0.4) is 0 Å². The highest BCUT2D eigenvalue weighted by atomic mass is 31.1. The van der Waals surface area contributed by atoms with Gasteiger partial charge in [-0.3, -0.25) is 4.79 Å². The van der Waals surface area contributed by atoms with Gasteiger partial charge < -0.3 is 9.47 Å². The van der Waals surface area contributed by atoms with Gasteiger partial charge in [0.05, 0.1) is 35.5 Å². The zero-order chi connectivity index (χ0) is 28.3. The summed E-state index contributed by atoms with van der Waals surface area (Å²) in [5.74, 6) is -1.35. The number of alkyl halides is 6. The average molecular weight is 557 g/mol. The highest BCUT2D eigenvalue weighted by Gasteiger charge is 2.50. The van der Waals surface area contributed by atoms with Crippen molar-refractivity contribution < 1.29 is 50.0 Å². The molecular formula is C26H20F6O5P+. The normalized spacial score (nSPS) is 12.2. The number of ketones is 1. The Bertz CT molecular complexity index is 1330. The summed E-state index contributed by atoms with van der Waals surface area (Å²) in [5, 5.41) is -0.611. The van der Waals surface area contributed by atoms with Crippen LogP contribution in [0.2, 0.25) is 0 Å². The third-order valence-electron chi connectivity index (χ3n) is 5.24. The van der Waals surface area contributed by atoms with Crippen LogP contribution in [0.4, 0.5) is 26.3 Å². The van der Waals surface area contributed by atoms with Crippen molar-refractivity contribution in [3.05, 3.63) is 88.5 Å². The Morgan fingerprint density at radius 1 is 0.763 bits per heavy atom. The van der Waals surface area contributed by atoms with Crippen molar-refractivity contribution in [2.45, 2.75) is 26.2 Å². The molecule has 0 aliphatic carbocycles. The van der Waals surface area contributed by atoms with Gasteiger partial charge in [-0.05, 0) is 38.1 Å². The summed E-state index contributed by atoms with van der Waals surface area (Å²) >= 11 is 0. The minimum atomic E-state index is -5.36. The molecule has 1 unspecified atom stereocenters. The lowest BCUT2D eigenvalue weighted by Gasteiger charge is -2.16. The van der Waals surface area contributed by atoms with Gasteiger partial charge in [0.1, 0.15) is 0 Å². The van der Waals surface area contributed by atoms with Crippen molar-refractivity contribution in [3.63, 3.8) is 0 Å². The van der Waals surface area contributed by atoms with Crippen LogP contribution in [0.25, 0.3) is 0 Å². The van der Waals surface area contributed by atoms with Crippen LogP contribution in [-0.4, -0.2) is 24.5 Å². The van der Waals surface area contributed by atoms with E-state index in [4.69, 9.17) is 9.47 Å². The molecule has 0 bridgehead atoms. The summed E-state index contributed by atoms with van der Waals surface area (Å²) in [5.41, 5.74) is -7.55. The van der Waals surface area contributed by atoms with E-state index in [9.17, 15) is 40.5 Å². The molecule has 12 heteroatoms. The maximum absolute atomic E-state index is 13.7. The van der Waals surface area contributed by atoms with Crippen molar-refractivity contribution >= 4 is 24.4 Å². The van der Waals surface area contributed by atoms with E-state index in [0.717, 1.165) is 0 Å². The van der Waals surface area contributed by atoms with Gasteiger partial charge in [0.2, 0.25) is 0 Å². The van der Waals surface area contributed by atoms with Crippen molar-refractivity contribution in [3.8, 4) is 11.5 Å². The van der Waals surface area contributed by atoms with Crippen LogP contribution >= 0.6 is 7.80 Å². The van der Waals surface area contributed by atoms with Gasteiger partial charge in [-0.2, -0.15) is 26.3 Å². The summed E-state index contributed by atoms with van der Waals surface area (Å²) in [7, 11) is -3.71. The zero-order valence-electron chi connectivity index (χ0n) is 19.9. The molecule has 0 saturated heterocycles. The minimum absolute atomic E-state index is 0.0607. The van der Waals surface area contributed by atoms with E-state index in [1.165, 1.54) is 38.1 Å². The van der Waals surface area contributed by atoms with Gasteiger partial charge >= 0.3 is 25.7 Å². The minimum Gasteiger partial charge on any atom is -0.489 e. The number of carbonyl (C=O) groups excluding carboxylic acids is 2. The number of benzene rings is 3. The Morgan fingerprint density at radius 2 is 1.32 bits per heavy atom. The Hall–Kier alpha value is -3.72. The molecule has 3 aromatic carbocycles. The maximum atomic E-state index is 13.7. The molecule has 0 aromatic heterocycles. The summed E-state index contributed by atoms with van der Waals surface area (Å²) in [6.45, 7) is 2.81. The lowest BCUT2D eigenvalue weighted by Crippen LogP contribution is -2.22. The molecule has 1 atom stereocenters. The molecule has 3 aromatic rings. The second-order valence-electron chi connectivity index (χ2n) is 7.67. The molecule has 0 N–H and O–H groups in total. The molecule has 3 rings (SSSR count). The van der Waals surface area contributed by atoms with E-state index in [1.807, 2.05) is 0 Å².